The van der Waals surface area contributed by atoms with E-state index in [2.05, 4.69) is 0 Å². The Bertz CT molecular complexity index is 228. The molecular weight excluding hydrogens is 171 g/mol. The van der Waals surface area contributed by atoms with E-state index in [1.165, 1.54) is 6.08 Å². The molecule has 0 N–H and O–H groups in total. The van der Waals surface area contributed by atoms with Gasteiger partial charge in [-0.2, -0.15) is 0 Å². The van der Waals surface area contributed by atoms with Gasteiger partial charge in [-0.05, 0) is 13.0 Å². The van der Waals surface area contributed by atoms with Gasteiger partial charge in [0.2, 0.25) is 0 Å². The predicted molar refractivity (Wildman–Crippen MR) is 45.2 cm³/mol. The summed E-state index contributed by atoms with van der Waals surface area (Å²) < 4.78 is 12.6. The van der Waals surface area contributed by atoms with E-state index in [-0.39, 0.29) is 10.7 Å². The lowest BCUT2D eigenvalue weighted by molar-refractivity contribution is 0.679. The summed E-state index contributed by atoms with van der Waals surface area (Å²) >= 11 is 10.4. The van der Waals surface area contributed by atoms with Crippen LogP contribution in [0.2, 0.25) is 0 Å². The van der Waals surface area contributed by atoms with Gasteiger partial charge in [0.1, 0.15) is 5.83 Å². The van der Waals surface area contributed by atoms with Crippen molar-refractivity contribution in [1.82, 2.24) is 0 Å². The van der Waals surface area contributed by atoms with Gasteiger partial charge in [0.25, 0.3) is 0 Å². The maximum absolute atomic E-state index is 12.6. The molecule has 0 saturated heterocycles. The van der Waals surface area contributed by atoms with E-state index >= 15 is 0 Å². The molecule has 0 fully saturated rings. The first-order valence-electron chi connectivity index (χ1n) is 2.85. The molecule has 0 saturated carbocycles. The summed E-state index contributed by atoms with van der Waals surface area (Å²) in [6, 6.07) is 0. The van der Waals surface area contributed by atoms with E-state index in [4.69, 9.17) is 23.8 Å². The van der Waals surface area contributed by atoms with Gasteiger partial charge in [-0.15, -0.1) is 11.6 Å². The minimum atomic E-state index is -0.431. The Morgan fingerprint density at radius 1 is 1.60 bits per heavy atom. The fourth-order valence-electron chi connectivity index (χ4n) is 0.699. The maximum Gasteiger partial charge on any atom is 0.138 e. The largest absolute Gasteiger partial charge is 0.206 e. The van der Waals surface area contributed by atoms with Crippen LogP contribution in [-0.4, -0.2) is 10.2 Å². The van der Waals surface area contributed by atoms with Crippen LogP contribution in [0.25, 0.3) is 0 Å². The molecule has 10 heavy (non-hydrogen) atoms. The summed E-state index contributed by atoms with van der Waals surface area (Å²) in [5.74, 6) is -0.388. The highest BCUT2D eigenvalue weighted by atomic mass is 35.5. The molecular formula is C7H6ClFS. The average Bonchev–Trinajstić information content (AvgIpc) is 1.93. The van der Waals surface area contributed by atoms with Crippen LogP contribution in [0.4, 0.5) is 4.39 Å². The Hall–Kier alpha value is -0.210. The molecule has 0 aromatic heterocycles. The molecule has 0 spiro atoms. The molecule has 0 nitrogen and oxygen atoms in total. The minimum Gasteiger partial charge on any atom is -0.206 e. The molecule has 0 aromatic carbocycles. The van der Waals surface area contributed by atoms with Crippen molar-refractivity contribution >= 4 is 28.7 Å². The normalized spacial score (nSPS) is 25.9. The Morgan fingerprint density at radius 2 is 2.20 bits per heavy atom. The lowest BCUT2D eigenvalue weighted by atomic mass is 10.1. The highest BCUT2D eigenvalue weighted by molar-refractivity contribution is 7.81. The molecule has 1 aliphatic carbocycles. The molecule has 0 bridgehead atoms. The lowest BCUT2D eigenvalue weighted by Crippen LogP contribution is -2.16. The summed E-state index contributed by atoms with van der Waals surface area (Å²) in [6.45, 7) is 1.83. The van der Waals surface area contributed by atoms with Crippen LogP contribution in [0.5, 0.6) is 0 Å². The van der Waals surface area contributed by atoms with Crippen molar-refractivity contribution in [3.05, 3.63) is 23.6 Å². The van der Waals surface area contributed by atoms with Crippen molar-refractivity contribution in [2.75, 3.05) is 0 Å². The second-order valence-corrected chi connectivity index (χ2v) is 3.03. The third-order valence-corrected chi connectivity index (χ3v) is 2.48. The monoisotopic (exact) mass is 176 g/mol. The van der Waals surface area contributed by atoms with Crippen molar-refractivity contribution in [2.24, 2.45) is 0 Å². The summed E-state index contributed by atoms with van der Waals surface area (Å²) in [5.41, 5.74) is 0.896. The molecule has 0 amide bonds. The fourth-order valence-corrected chi connectivity index (χ4v) is 1.13. The van der Waals surface area contributed by atoms with Gasteiger partial charge in [0.05, 0.1) is 10.2 Å². The maximum atomic E-state index is 12.6. The summed E-state index contributed by atoms with van der Waals surface area (Å²) in [4.78, 5) is 0.196. The minimum absolute atomic E-state index is 0.196. The van der Waals surface area contributed by atoms with Gasteiger partial charge >= 0.3 is 0 Å². The molecule has 1 aliphatic rings. The topological polar surface area (TPSA) is 0 Å². The number of allylic oxidation sites excluding steroid dienone is 4. The van der Waals surface area contributed by atoms with Gasteiger partial charge in [-0.25, -0.2) is 4.39 Å². The van der Waals surface area contributed by atoms with E-state index in [1.807, 2.05) is 6.92 Å². The fraction of sp³-hybridized carbons (Fsp3) is 0.286. The first kappa shape index (κ1) is 7.89. The van der Waals surface area contributed by atoms with Gasteiger partial charge in [0, 0.05) is 0 Å². The third-order valence-electron chi connectivity index (χ3n) is 1.36. The highest BCUT2D eigenvalue weighted by Gasteiger charge is 2.19. The van der Waals surface area contributed by atoms with Crippen molar-refractivity contribution in [1.29, 1.82) is 0 Å². The first-order chi connectivity index (χ1) is 4.63. The quantitative estimate of drug-likeness (QED) is 0.404. The molecule has 1 unspecified atom stereocenters. The smallest absolute Gasteiger partial charge is 0.138 e. The Kier molecular flexibility index (Phi) is 2.21. The lowest BCUT2D eigenvalue weighted by Gasteiger charge is -2.13. The zero-order chi connectivity index (χ0) is 7.72. The molecule has 0 heterocycles. The molecule has 3 heteroatoms. The van der Waals surface area contributed by atoms with Gasteiger partial charge in [0.15, 0.2) is 0 Å². The molecule has 0 aromatic rings. The summed E-state index contributed by atoms with van der Waals surface area (Å²) in [5, 5.41) is -0.431. The van der Waals surface area contributed by atoms with Crippen LogP contribution in [-0.2, 0) is 0 Å². The Balaban J connectivity index is 2.97. The number of hydrogen-bond donors (Lipinski definition) is 0. The molecule has 0 aliphatic heterocycles. The van der Waals surface area contributed by atoms with Gasteiger partial charge in [-0.3, -0.25) is 0 Å². The standard InChI is InChI=1S/C7H6ClFS/c1-4-2-3-5(9)7(10)6(4)8/h2-3,6H,1H3. The van der Waals surface area contributed by atoms with E-state index in [0.29, 0.717) is 0 Å². The molecule has 1 atom stereocenters. The van der Waals surface area contributed by atoms with Crippen LogP contribution in [0, 0.1) is 0 Å². The zero-order valence-corrected chi connectivity index (χ0v) is 6.97. The number of alkyl halides is 1. The Morgan fingerprint density at radius 3 is 2.70 bits per heavy atom. The van der Waals surface area contributed by atoms with Gasteiger partial charge in [-0.1, -0.05) is 23.9 Å². The molecule has 1 rings (SSSR count). The Labute approximate surface area is 69.4 Å². The van der Waals surface area contributed by atoms with E-state index in [1.54, 1.807) is 6.08 Å². The van der Waals surface area contributed by atoms with Crippen molar-refractivity contribution in [2.45, 2.75) is 12.3 Å². The van der Waals surface area contributed by atoms with Crippen LogP contribution in [0.1, 0.15) is 6.92 Å². The van der Waals surface area contributed by atoms with Crippen molar-refractivity contribution in [3.8, 4) is 0 Å². The number of rotatable bonds is 0. The second kappa shape index (κ2) is 2.81. The third kappa shape index (κ3) is 1.27. The predicted octanol–water partition coefficient (Wildman–Crippen LogP) is 2.78. The SMILES string of the molecule is CC1=CC=C(F)C(=S)C1Cl. The number of halogens is 2. The van der Waals surface area contributed by atoms with Crippen LogP contribution in [0.15, 0.2) is 23.6 Å². The van der Waals surface area contributed by atoms with Crippen LogP contribution in [0.3, 0.4) is 0 Å². The van der Waals surface area contributed by atoms with E-state index in [9.17, 15) is 4.39 Å². The number of hydrogen-bond acceptors (Lipinski definition) is 1. The molecule has 0 radical (unpaired) electrons. The highest BCUT2D eigenvalue weighted by Crippen LogP contribution is 2.21. The zero-order valence-electron chi connectivity index (χ0n) is 5.40. The summed E-state index contributed by atoms with van der Waals surface area (Å²) in [7, 11) is 0. The number of thiocarbonyl (C=S) groups is 1. The van der Waals surface area contributed by atoms with Crippen LogP contribution >= 0.6 is 23.8 Å². The van der Waals surface area contributed by atoms with E-state index in [0.717, 1.165) is 5.57 Å². The van der Waals surface area contributed by atoms with Gasteiger partial charge < -0.3 is 0 Å². The van der Waals surface area contributed by atoms with Crippen LogP contribution < -0.4 is 0 Å². The van der Waals surface area contributed by atoms with Crippen molar-refractivity contribution < 1.29 is 4.39 Å². The second-order valence-electron chi connectivity index (χ2n) is 2.15. The first-order valence-corrected chi connectivity index (χ1v) is 3.69. The van der Waals surface area contributed by atoms with E-state index < -0.39 is 5.38 Å². The van der Waals surface area contributed by atoms with Crippen molar-refractivity contribution in [3.63, 3.8) is 0 Å². The summed E-state index contributed by atoms with van der Waals surface area (Å²) in [6.07, 6.45) is 2.99. The average molecular weight is 177 g/mol. The molecule has 54 valence electrons.